The number of amides is 3. The van der Waals surface area contributed by atoms with Crippen molar-refractivity contribution in [2.45, 2.75) is 18.9 Å². The molecular formula is C23H39N7O9. The number of carbonyl (C=O) groups excluding carboxylic acids is 3. The molecule has 2 rings (SSSR count). The van der Waals surface area contributed by atoms with Crippen LogP contribution in [0.2, 0.25) is 0 Å². The number of rotatable bonds is 13. The molecule has 0 aromatic heterocycles. The van der Waals surface area contributed by atoms with Crippen molar-refractivity contribution in [3.05, 3.63) is 0 Å². The van der Waals surface area contributed by atoms with Crippen molar-refractivity contribution < 1.29 is 44.1 Å². The van der Waals surface area contributed by atoms with Crippen LogP contribution in [-0.4, -0.2) is 173 Å². The number of aliphatic carboxylic acids is 3. The van der Waals surface area contributed by atoms with Gasteiger partial charge in [-0.25, -0.2) is 4.79 Å². The van der Waals surface area contributed by atoms with Crippen LogP contribution in [0, 0.1) is 0 Å². The van der Waals surface area contributed by atoms with E-state index in [1.807, 2.05) is 4.90 Å². The van der Waals surface area contributed by atoms with Crippen molar-refractivity contribution in [1.29, 1.82) is 0 Å². The van der Waals surface area contributed by atoms with Gasteiger partial charge in [-0.1, -0.05) is 0 Å². The van der Waals surface area contributed by atoms with Gasteiger partial charge in [0.25, 0.3) is 0 Å². The lowest BCUT2D eigenvalue weighted by atomic mass is 10.1. The summed E-state index contributed by atoms with van der Waals surface area (Å²) in [6.07, 6.45) is -0.262. The highest BCUT2D eigenvalue weighted by Gasteiger charge is 2.27. The Morgan fingerprint density at radius 1 is 0.641 bits per heavy atom. The van der Waals surface area contributed by atoms with Crippen LogP contribution in [0.4, 0.5) is 0 Å². The number of carbonyl (C=O) groups is 6. The summed E-state index contributed by atoms with van der Waals surface area (Å²) in [7, 11) is 0. The van der Waals surface area contributed by atoms with Crippen LogP contribution in [0.3, 0.4) is 0 Å². The molecule has 0 aliphatic carbocycles. The SMILES string of the molecule is NC(=O)CCC(NC(=O)CN1CCN(C(=O)CN2CCN(CC(=O)O)CCN(CC(=O)O)CC2)CC1)C(=O)O. The predicted molar refractivity (Wildman–Crippen MR) is 136 cm³/mol. The molecule has 6 N–H and O–H groups in total. The number of piperazine rings is 1. The molecule has 16 heteroatoms. The molecule has 2 saturated heterocycles. The maximum Gasteiger partial charge on any atom is 0.326 e. The quantitative estimate of drug-likeness (QED) is 0.146. The molecule has 0 aromatic rings. The summed E-state index contributed by atoms with van der Waals surface area (Å²) < 4.78 is 0. The zero-order valence-corrected chi connectivity index (χ0v) is 22.0. The van der Waals surface area contributed by atoms with Crippen molar-refractivity contribution in [3.8, 4) is 0 Å². The summed E-state index contributed by atoms with van der Waals surface area (Å²) in [5.74, 6) is -4.48. The fourth-order valence-electron chi connectivity index (χ4n) is 4.47. The average molecular weight is 558 g/mol. The Kier molecular flexibility index (Phi) is 13.0. The molecule has 39 heavy (non-hydrogen) atoms. The predicted octanol–water partition coefficient (Wildman–Crippen LogP) is -3.95. The molecule has 3 amide bonds. The monoisotopic (exact) mass is 557 g/mol. The fourth-order valence-corrected chi connectivity index (χ4v) is 4.47. The van der Waals surface area contributed by atoms with Gasteiger partial charge in [0.05, 0.1) is 26.2 Å². The molecule has 0 spiro atoms. The number of nitrogens with one attached hydrogen (secondary N) is 1. The summed E-state index contributed by atoms with van der Waals surface area (Å²) in [4.78, 5) is 78.8. The van der Waals surface area contributed by atoms with Gasteiger partial charge >= 0.3 is 17.9 Å². The van der Waals surface area contributed by atoms with E-state index in [0.717, 1.165) is 0 Å². The van der Waals surface area contributed by atoms with E-state index in [1.54, 1.807) is 19.6 Å². The first-order chi connectivity index (χ1) is 18.4. The first-order valence-electron chi connectivity index (χ1n) is 12.8. The molecule has 16 nitrogen and oxygen atoms in total. The average Bonchev–Trinajstić information content (AvgIpc) is 2.93. The molecule has 2 aliphatic rings. The Hall–Kier alpha value is -3.34. The maximum absolute atomic E-state index is 13.0. The number of carboxylic acid groups (broad SMARTS) is 3. The molecule has 1 unspecified atom stereocenters. The highest BCUT2D eigenvalue weighted by molar-refractivity contribution is 5.85. The van der Waals surface area contributed by atoms with E-state index in [1.165, 1.54) is 0 Å². The zero-order valence-electron chi connectivity index (χ0n) is 22.0. The topological polar surface area (TPSA) is 217 Å². The minimum absolute atomic E-state index is 0.0483. The van der Waals surface area contributed by atoms with Gasteiger partial charge < -0.3 is 31.3 Å². The lowest BCUT2D eigenvalue weighted by Gasteiger charge is -2.35. The minimum Gasteiger partial charge on any atom is -0.480 e. The van der Waals surface area contributed by atoms with E-state index in [0.29, 0.717) is 65.4 Å². The zero-order chi connectivity index (χ0) is 28.9. The van der Waals surface area contributed by atoms with Crippen LogP contribution in [0.15, 0.2) is 0 Å². The molecule has 2 aliphatic heterocycles. The van der Waals surface area contributed by atoms with E-state index < -0.39 is 35.8 Å². The van der Waals surface area contributed by atoms with Gasteiger partial charge in [0.2, 0.25) is 17.7 Å². The third-order valence-corrected chi connectivity index (χ3v) is 6.68. The van der Waals surface area contributed by atoms with Crippen LogP contribution in [0.25, 0.3) is 0 Å². The lowest BCUT2D eigenvalue weighted by Crippen LogP contribution is -2.54. The molecule has 1 atom stereocenters. The van der Waals surface area contributed by atoms with Crippen LogP contribution < -0.4 is 11.1 Å². The van der Waals surface area contributed by atoms with E-state index in [-0.39, 0.29) is 44.9 Å². The van der Waals surface area contributed by atoms with Gasteiger partial charge in [-0.05, 0) is 6.42 Å². The summed E-state index contributed by atoms with van der Waals surface area (Å²) >= 11 is 0. The highest BCUT2D eigenvalue weighted by Crippen LogP contribution is 2.06. The highest BCUT2D eigenvalue weighted by atomic mass is 16.4. The van der Waals surface area contributed by atoms with Crippen molar-refractivity contribution in [2.24, 2.45) is 5.73 Å². The Morgan fingerprint density at radius 3 is 1.46 bits per heavy atom. The Bertz CT molecular complexity index is 867. The summed E-state index contributed by atoms with van der Waals surface area (Å²) in [6, 6.07) is -1.22. The summed E-state index contributed by atoms with van der Waals surface area (Å²) in [5, 5.41) is 30.0. The van der Waals surface area contributed by atoms with Crippen molar-refractivity contribution in [3.63, 3.8) is 0 Å². The molecule has 0 radical (unpaired) electrons. The Morgan fingerprint density at radius 2 is 1.05 bits per heavy atom. The smallest absolute Gasteiger partial charge is 0.326 e. The number of hydrogen-bond acceptors (Lipinski definition) is 10. The molecule has 0 aromatic carbocycles. The maximum atomic E-state index is 13.0. The van der Waals surface area contributed by atoms with Crippen molar-refractivity contribution >= 4 is 35.6 Å². The first-order valence-corrected chi connectivity index (χ1v) is 12.8. The summed E-state index contributed by atoms with van der Waals surface area (Å²) in [5.41, 5.74) is 5.05. The van der Waals surface area contributed by atoms with Gasteiger partial charge in [0.15, 0.2) is 0 Å². The normalized spacial score (nSPS) is 19.3. The van der Waals surface area contributed by atoms with Gasteiger partial charge in [-0.15, -0.1) is 0 Å². The number of nitrogens with zero attached hydrogens (tertiary/aromatic N) is 5. The van der Waals surface area contributed by atoms with E-state index in [2.05, 4.69) is 5.32 Å². The number of carboxylic acids is 3. The second-order valence-electron chi connectivity index (χ2n) is 9.74. The minimum atomic E-state index is -1.25. The molecule has 2 fully saturated rings. The van der Waals surface area contributed by atoms with Crippen LogP contribution in [0.5, 0.6) is 0 Å². The molecule has 0 saturated carbocycles. The standard InChI is InChI=1S/C23H39N7O9/c24-18(31)2-1-17(23(38)39)25-19(32)13-26-9-11-30(12-10-26)20(33)14-27-3-5-28(15-21(34)35)7-8-29(6-4-27)16-22(36)37/h17H,1-16H2,(H2,24,31)(H,25,32)(H,34,35)(H,36,37)(H,38,39). The van der Waals surface area contributed by atoms with Gasteiger partial charge in [0.1, 0.15) is 6.04 Å². The molecular weight excluding hydrogens is 518 g/mol. The molecule has 0 bridgehead atoms. The van der Waals surface area contributed by atoms with Crippen LogP contribution >= 0.6 is 0 Å². The largest absolute Gasteiger partial charge is 0.480 e. The third kappa shape index (κ3) is 12.4. The van der Waals surface area contributed by atoms with Gasteiger partial charge in [-0.3, -0.25) is 43.6 Å². The second kappa shape index (κ2) is 15.9. The second-order valence-corrected chi connectivity index (χ2v) is 9.74. The number of nitrogens with two attached hydrogens (primary N) is 1. The number of primary amides is 1. The Labute approximate surface area is 226 Å². The molecule has 220 valence electrons. The summed E-state index contributed by atoms with van der Waals surface area (Å²) in [6.45, 7) is 3.89. The Balaban J connectivity index is 1.85. The third-order valence-electron chi connectivity index (χ3n) is 6.68. The van der Waals surface area contributed by atoms with Gasteiger partial charge in [0, 0.05) is 71.9 Å². The van der Waals surface area contributed by atoms with Crippen molar-refractivity contribution in [2.75, 3.05) is 91.6 Å². The van der Waals surface area contributed by atoms with Crippen molar-refractivity contribution in [1.82, 2.24) is 29.8 Å². The lowest BCUT2D eigenvalue weighted by molar-refractivity contribution is -0.142. The van der Waals surface area contributed by atoms with E-state index in [9.17, 15) is 44.1 Å². The number of hydrogen-bond donors (Lipinski definition) is 5. The van der Waals surface area contributed by atoms with E-state index in [4.69, 9.17) is 5.73 Å². The van der Waals surface area contributed by atoms with E-state index >= 15 is 0 Å². The first kappa shape index (κ1) is 31.9. The van der Waals surface area contributed by atoms with Crippen LogP contribution in [-0.2, 0) is 28.8 Å². The fraction of sp³-hybridized carbons (Fsp3) is 0.739. The van der Waals surface area contributed by atoms with Crippen LogP contribution in [0.1, 0.15) is 12.8 Å². The molecule has 2 heterocycles. The van der Waals surface area contributed by atoms with Gasteiger partial charge in [-0.2, -0.15) is 0 Å².